The second kappa shape index (κ2) is 4.70. The monoisotopic (exact) mass is 226 g/mol. The van der Waals surface area contributed by atoms with Gasteiger partial charge in [0.05, 0.1) is 0 Å². The molecule has 0 amide bonds. The van der Waals surface area contributed by atoms with E-state index in [4.69, 9.17) is 0 Å². The van der Waals surface area contributed by atoms with Crippen molar-refractivity contribution in [3.63, 3.8) is 0 Å². The Morgan fingerprint density at radius 1 is 0.812 bits per heavy atom. The van der Waals surface area contributed by atoms with Crippen molar-refractivity contribution >= 4 is 0 Å². The van der Waals surface area contributed by atoms with Gasteiger partial charge in [-0.2, -0.15) is 0 Å². The van der Waals surface area contributed by atoms with Crippen LogP contribution in [0.25, 0.3) is 0 Å². The Morgan fingerprint density at radius 3 is 1.38 bits per heavy atom. The van der Waals surface area contributed by atoms with Crippen molar-refractivity contribution in [2.45, 2.75) is 75.7 Å². The van der Waals surface area contributed by atoms with Crippen molar-refractivity contribution in [3.8, 4) is 0 Å². The lowest BCUT2D eigenvalue weighted by molar-refractivity contribution is -0.0522. The van der Waals surface area contributed by atoms with Crippen LogP contribution in [-0.2, 0) is 0 Å². The van der Waals surface area contributed by atoms with Crippen LogP contribution in [0.2, 0.25) is 0 Å². The maximum atomic E-state index is 2.47. The molecule has 0 heteroatoms. The van der Waals surface area contributed by atoms with Crippen LogP contribution in [0.3, 0.4) is 0 Å². The summed E-state index contributed by atoms with van der Waals surface area (Å²) in [7, 11) is 0. The molecule has 2 atom stereocenters. The van der Waals surface area contributed by atoms with E-state index in [9.17, 15) is 0 Å². The van der Waals surface area contributed by atoms with Crippen molar-refractivity contribution in [2.24, 2.45) is 28.1 Å². The van der Waals surface area contributed by atoms with Crippen LogP contribution < -0.4 is 0 Å². The fourth-order valence-corrected chi connectivity index (χ4v) is 3.19. The molecule has 0 aromatic carbocycles. The van der Waals surface area contributed by atoms with Gasteiger partial charge in [-0.05, 0) is 34.5 Å². The molecule has 0 fully saturated rings. The third kappa shape index (κ3) is 2.63. The minimum Gasteiger partial charge on any atom is -0.0648 e. The van der Waals surface area contributed by atoms with Crippen molar-refractivity contribution in [2.75, 3.05) is 0 Å². The van der Waals surface area contributed by atoms with E-state index in [1.165, 1.54) is 6.42 Å². The summed E-state index contributed by atoms with van der Waals surface area (Å²) in [5.41, 5.74) is 1.17. The van der Waals surface area contributed by atoms with Gasteiger partial charge in [0.1, 0.15) is 0 Å². The van der Waals surface area contributed by atoms with E-state index in [0.29, 0.717) is 22.2 Å². The van der Waals surface area contributed by atoms with Crippen molar-refractivity contribution in [1.82, 2.24) is 0 Å². The molecule has 0 nitrogen and oxygen atoms in total. The standard InChI is InChI=1S/C16H34/c1-11-16(10,12(2)3)15(8,9)13(4)14(5,6)7/h12-13H,11H2,1-10H3. The molecule has 98 valence electrons. The lowest BCUT2D eigenvalue weighted by Crippen LogP contribution is -2.47. The van der Waals surface area contributed by atoms with E-state index < -0.39 is 0 Å². The molecular weight excluding hydrogens is 192 g/mol. The molecule has 0 aliphatic carbocycles. The summed E-state index contributed by atoms with van der Waals surface area (Å²) in [6.45, 7) is 24.0. The predicted molar refractivity (Wildman–Crippen MR) is 75.6 cm³/mol. The largest absolute Gasteiger partial charge is 0.0648 e. The molecule has 0 saturated heterocycles. The van der Waals surface area contributed by atoms with Crippen LogP contribution in [-0.4, -0.2) is 0 Å². The van der Waals surface area contributed by atoms with Crippen molar-refractivity contribution in [1.29, 1.82) is 0 Å². The summed E-state index contributed by atoms with van der Waals surface area (Å²) in [5.74, 6) is 1.45. The first-order chi connectivity index (χ1) is 6.91. The molecule has 0 radical (unpaired) electrons. The van der Waals surface area contributed by atoms with Crippen LogP contribution >= 0.6 is 0 Å². The van der Waals surface area contributed by atoms with Gasteiger partial charge in [-0.1, -0.05) is 69.2 Å². The summed E-state index contributed by atoms with van der Waals surface area (Å²) in [6.07, 6.45) is 1.26. The van der Waals surface area contributed by atoms with E-state index in [1.54, 1.807) is 0 Å². The Bertz CT molecular complexity index is 217. The SMILES string of the molecule is CCC(C)(C(C)C)C(C)(C)C(C)C(C)(C)C. The summed E-state index contributed by atoms with van der Waals surface area (Å²) < 4.78 is 0. The first-order valence-electron chi connectivity index (χ1n) is 6.91. The van der Waals surface area contributed by atoms with E-state index in [1.807, 2.05) is 0 Å². The first-order valence-corrected chi connectivity index (χ1v) is 6.91. The Kier molecular flexibility index (Phi) is 4.70. The van der Waals surface area contributed by atoms with Gasteiger partial charge in [-0.3, -0.25) is 0 Å². The highest BCUT2D eigenvalue weighted by atomic mass is 14.5. The summed E-state index contributed by atoms with van der Waals surface area (Å²) in [4.78, 5) is 0. The average molecular weight is 226 g/mol. The third-order valence-electron chi connectivity index (χ3n) is 5.86. The quantitative estimate of drug-likeness (QED) is 0.571. The Balaban J connectivity index is 5.32. The molecular formula is C16H34. The van der Waals surface area contributed by atoms with E-state index in [2.05, 4.69) is 69.2 Å². The highest BCUT2D eigenvalue weighted by Gasteiger charge is 2.48. The molecule has 0 bridgehead atoms. The van der Waals surface area contributed by atoms with Crippen LogP contribution in [0.4, 0.5) is 0 Å². The molecule has 0 spiro atoms. The highest BCUT2D eigenvalue weighted by Crippen LogP contribution is 2.55. The zero-order valence-corrected chi connectivity index (χ0v) is 13.4. The number of rotatable bonds is 4. The van der Waals surface area contributed by atoms with E-state index >= 15 is 0 Å². The molecule has 0 heterocycles. The van der Waals surface area contributed by atoms with E-state index in [-0.39, 0.29) is 0 Å². The molecule has 0 N–H and O–H groups in total. The molecule has 16 heavy (non-hydrogen) atoms. The molecule has 0 aromatic rings. The summed E-state index contributed by atoms with van der Waals surface area (Å²) in [6, 6.07) is 0. The van der Waals surface area contributed by atoms with Gasteiger partial charge in [0.2, 0.25) is 0 Å². The van der Waals surface area contributed by atoms with E-state index in [0.717, 1.165) is 5.92 Å². The van der Waals surface area contributed by atoms with Crippen molar-refractivity contribution in [3.05, 3.63) is 0 Å². The predicted octanol–water partition coefficient (Wildman–Crippen LogP) is 5.77. The Morgan fingerprint density at radius 2 is 1.19 bits per heavy atom. The fourth-order valence-electron chi connectivity index (χ4n) is 3.19. The average Bonchev–Trinajstić information content (AvgIpc) is 2.13. The maximum Gasteiger partial charge on any atom is -0.0251 e. The van der Waals surface area contributed by atoms with Crippen LogP contribution in [0.15, 0.2) is 0 Å². The van der Waals surface area contributed by atoms with Gasteiger partial charge >= 0.3 is 0 Å². The van der Waals surface area contributed by atoms with Gasteiger partial charge in [-0.25, -0.2) is 0 Å². The fraction of sp³-hybridized carbons (Fsp3) is 1.00. The number of hydrogen-bond acceptors (Lipinski definition) is 0. The maximum absolute atomic E-state index is 2.47. The minimum atomic E-state index is 0.369. The van der Waals surface area contributed by atoms with Gasteiger partial charge in [0.15, 0.2) is 0 Å². The lowest BCUT2D eigenvalue weighted by atomic mass is 9.51. The molecule has 0 saturated carbocycles. The van der Waals surface area contributed by atoms with Gasteiger partial charge in [0, 0.05) is 0 Å². The highest BCUT2D eigenvalue weighted by molar-refractivity contribution is 4.96. The first kappa shape index (κ1) is 16.0. The van der Waals surface area contributed by atoms with Crippen molar-refractivity contribution < 1.29 is 0 Å². The lowest BCUT2D eigenvalue weighted by Gasteiger charge is -2.54. The molecule has 0 rings (SSSR count). The van der Waals surface area contributed by atoms with Crippen LogP contribution in [0.1, 0.15) is 75.7 Å². The molecule has 0 aliphatic heterocycles. The summed E-state index contributed by atoms with van der Waals surface area (Å²) in [5, 5.41) is 0. The Hall–Kier alpha value is 0. The van der Waals surface area contributed by atoms with Crippen LogP contribution in [0, 0.1) is 28.1 Å². The van der Waals surface area contributed by atoms with Gasteiger partial charge in [-0.15, -0.1) is 0 Å². The zero-order chi connectivity index (χ0) is 13.4. The zero-order valence-electron chi connectivity index (χ0n) is 13.4. The smallest absolute Gasteiger partial charge is 0.0251 e. The second-order valence-corrected chi connectivity index (χ2v) is 7.74. The molecule has 0 aromatic heterocycles. The van der Waals surface area contributed by atoms with Gasteiger partial charge < -0.3 is 0 Å². The second-order valence-electron chi connectivity index (χ2n) is 7.74. The van der Waals surface area contributed by atoms with Gasteiger partial charge in [0.25, 0.3) is 0 Å². The molecule has 0 aliphatic rings. The number of hydrogen-bond donors (Lipinski definition) is 0. The Labute approximate surface area is 104 Å². The molecule has 2 unspecified atom stereocenters. The minimum absolute atomic E-state index is 0.369. The van der Waals surface area contributed by atoms with Crippen LogP contribution in [0.5, 0.6) is 0 Å². The topological polar surface area (TPSA) is 0 Å². The summed E-state index contributed by atoms with van der Waals surface area (Å²) >= 11 is 0. The third-order valence-corrected chi connectivity index (χ3v) is 5.86. The normalized spacial score (nSPS) is 19.7.